The lowest BCUT2D eigenvalue weighted by molar-refractivity contribution is -0.136. The fourth-order valence-corrected chi connectivity index (χ4v) is 4.76. The Kier molecular flexibility index (Phi) is 5.71. The molecule has 2 unspecified atom stereocenters. The summed E-state index contributed by atoms with van der Waals surface area (Å²) in [6.45, 7) is 2.82. The van der Waals surface area contributed by atoms with Gasteiger partial charge in [0.15, 0.2) is 5.75 Å². The van der Waals surface area contributed by atoms with Crippen molar-refractivity contribution in [3.63, 3.8) is 0 Å². The Labute approximate surface area is 197 Å². The molecule has 4 N–H and O–H groups in total. The molecule has 1 aliphatic carbocycles. The third kappa shape index (κ3) is 3.99. The van der Waals surface area contributed by atoms with Gasteiger partial charge >= 0.3 is 5.97 Å². The van der Waals surface area contributed by atoms with Crippen LogP contribution in [0.1, 0.15) is 36.1 Å². The minimum absolute atomic E-state index is 0.0119. The molecule has 1 aromatic heterocycles. The first kappa shape index (κ1) is 22.0. The van der Waals surface area contributed by atoms with Crippen LogP contribution >= 0.6 is 0 Å². The molecule has 0 spiro atoms. The second-order valence-corrected chi connectivity index (χ2v) is 8.69. The second kappa shape index (κ2) is 8.83. The molecule has 1 heterocycles. The van der Waals surface area contributed by atoms with E-state index in [0.29, 0.717) is 24.3 Å². The van der Waals surface area contributed by atoms with Gasteiger partial charge in [0.2, 0.25) is 0 Å². The van der Waals surface area contributed by atoms with Crippen molar-refractivity contribution in [1.82, 2.24) is 9.78 Å². The predicted octanol–water partition coefficient (Wildman–Crippen LogP) is 4.36. The Morgan fingerprint density at radius 2 is 2.03 bits per heavy atom. The lowest BCUT2D eigenvalue weighted by Crippen LogP contribution is -2.22. The van der Waals surface area contributed by atoms with E-state index in [0.717, 1.165) is 45.3 Å². The van der Waals surface area contributed by atoms with Crippen LogP contribution in [0.15, 0.2) is 60.8 Å². The summed E-state index contributed by atoms with van der Waals surface area (Å²) in [5.74, 6) is -0.362. The molecular formula is C27H27N3O4. The van der Waals surface area contributed by atoms with Gasteiger partial charge in [0, 0.05) is 30.3 Å². The molecule has 5 rings (SSSR count). The van der Waals surface area contributed by atoms with Crippen molar-refractivity contribution in [2.24, 2.45) is 0 Å². The number of carbonyl (C=O) groups is 1. The number of aliphatic hydroxyl groups excluding tert-OH is 1. The molecule has 0 radical (unpaired) electrons. The standard InChI is InChI=1S/C27H27N3O4/c1-2-30-23-9-8-18(13-19(23)15-29-30)21-11-16(7-10-25(31)32)12-22(28)27(21)34-24-14-17-5-3-4-6-20(17)26(24)33/h3-6,8-9,11-13,15,24,26,33H,2,7,10,14,28H2,1H3,(H,31,32). The van der Waals surface area contributed by atoms with Crippen LogP contribution in [0, 0.1) is 0 Å². The van der Waals surface area contributed by atoms with Crippen LogP contribution in [0.3, 0.4) is 0 Å². The van der Waals surface area contributed by atoms with E-state index < -0.39 is 18.2 Å². The van der Waals surface area contributed by atoms with Gasteiger partial charge in [0.25, 0.3) is 0 Å². The number of benzene rings is 3. The SMILES string of the molecule is CCn1ncc2cc(-c3cc(CCC(=O)O)cc(N)c3OC3Cc4ccccc4C3O)ccc21. The number of ether oxygens (including phenoxy) is 1. The number of aliphatic carboxylic acids is 1. The van der Waals surface area contributed by atoms with E-state index in [9.17, 15) is 9.90 Å². The Morgan fingerprint density at radius 3 is 2.79 bits per heavy atom. The number of rotatable bonds is 7. The maximum Gasteiger partial charge on any atom is 0.303 e. The number of hydrogen-bond donors (Lipinski definition) is 3. The van der Waals surface area contributed by atoms with Crippen molar-refractivity contribution in [3.8, 4) is 16.9 Å². The summed E-state index contributed by atoms with van der Waals surface area (Å²) in [6.07, 6.45) is 1.57. The number of aryl methyl sites for hydroxylation is 2. The Hall–Kier alpha value is -3.84. The molecule has 7 nitrogen and oxygen atoms in total. The topological polar surface area (TPSA) is 111 Å². The monoisotopic (exact) mass is 457 g/mol. The molecule has 0 bridgehead atoms. The molecule has 0 aliphatic heterocycles. The molecule has 2 atom stereocenters. The summed E-state index contributed by atoms with van der Waals surface area (Å²) >= 11 is 0. The number of anilines is 1. The molecule has 3 aromatic carbocycles. The summed E-state index contributed by atoms with van der Waals surface area (Å²) in [7, 11) is 0. The van der Waals surface area contributed by atoms with Crippen LogP contribution in [-0.4, -0.2) is 32.1 Å². The minimum atomic E-state index is -0.860. The van der Waals surface area contributed by atoms with Crippen molar-refractivity contribution >= 4 is 22.6 Å². The highest BCUT2D eigenvalue weighted by atomic mass is 16.5. The quantitative estimate of drug-likeness (QED) is 0.356. The largest absolute Gasteiger partial charge is 0.484 e. The maximum absolute atomic E-state index is 11.1. The molecule has 34 heavy (non-hydrogen) atoms. The first-order valence-corrected chi connectivity index (χ1v) is 11.5. The van der Waals surface area contributed by atoms with Gasteiger partial charge in [-0.05, 0) is 59.9 Å². The highest BCUT2D eigenvalue weighted by Gasteiger charge is 2.33. The normalized spacial score (nSPS) is 17.1. The van der Waals surface area contributed by atoms with E-state index in [1.54, 1.807) is 6.07 Å². The zero-order chi connectivity index (χ0) is 23.8. The van der Waals surface area contributed by atoms with E-state index in [-0.39, 0.29) is 6.42 Å². The van der Waals surface area contributed by atoms with E-state index in [2.05, 4.69) is 5.10 Å². The number of carboxylic acids is 1. The third-order valence-corrected chi connectivity index (χ3v) is 6.47. The first-order chi connectivity index (χ1) is 16.4. The number of nitrogens with zero attached hydrogens (tertiary/aromatic N) is 2. The second-order valence-electron chi connectivity index (χ2n) is 8.69. The fourth-order valence-electron chi connectivity index (χ4n) is 4.76. The van der Waals surface area contributed by atoms with Gasteiger partial charge in [-0.1, -0.05) is 30.3 Å². The summed E-state index contributed by atoms with van der Waals surface area (Å²) in [6, 6.07) is 17.5. The molecule has 4 aromatic rings. The number of nitrogen functional groups attached to an aromatic ring is 1. The van der Waals surface area contributed by atoms with Crippen LogP contribution in [0.2, 0.25) is 0 Å². The summed E-state index contributed by atoms with van der Waals surface area (Å²) in [4.78, 5) is 11.1. The summed E-state index contributed by atoms with van der Waals surface area (Å²) < 4.78 is 8.32. The molecular weight excluding hydrogens is 430 g/mol. The van der Waals surface area contributed by atoms with Crippen LogP contribution in [0.25, 0.3) is 22.0 Å². The van der Waals surface area contributed by atoms with Gasteiger partial charge in [-0.15, -0.1) is 0 Å². The smallest absolute Gasteiger partial charge is 0.303 e. The van der Waals surface area contributed by atoms with E-state index in [1.165, 1.54) is 0 Å². The molecule has 0 saturated carbocycles. The Balaban J connectivity index is 1.56. The van der Waals surface area contributed by atoms with Gasteiger partial charge in [-0.25, -0.2) is 0 Å². The maximum atomic E-state index is 11.1. The van der Waals surface area contributed by atoms with Crippen molar-refractivity contribution in [2.45, 2.75) is 44.9 Å². The summed E-state index contributed by atoms with van der Waals surface area (Å²) in [5, 5.41) is 25.5. The van der Waals surface area contributed by atoms with Gasteiger partial charge in [0.1, 0.15) is 12.2 Å². The van der Waals surface area contributed by atoms with Gasteiger partial charge < -0.3 is 20.7 Å². The Morgan fingerprint density at radius 1 is 1.21 bits per heavy atom. The highest BCUT2D eigenvalue weighted by Crippen LogP contribution is 2.42. The summed E-state index contributed by atoms with van der Waals surface area (Å²) in [5.41, 5.74) is 12.3. The van der Waals surface area contributed by atoms with E-state index in [1.807, 2.05) is 66.3 Å². The molecule has 0 fully saturated rings. The number of aliphatic hydroxyl groups is 1. The number of fused-ring (bicyclic) bond motifs is 2. The van der Waals surface area contributed by atoms with Gasteiger partial charge in [0.05, 0.1) is 17.4 Å². The molecule has 7 heteroatoms. The molecule has 174 valence electrons. The third-order valence-electron chi connectivity index (χ3n) is 6.47. The number of nitrogens with two attached hydrogens (primary N) is 1. The lowest BCUT2D eigenvalue weighted by Gasteiger charge is -2.22. The van der Waals surface area contributed by atoms with Crippen LogP contribution in [-0.2, 0) is 24.2 Å². The van der Waals surface area contributed by atoms with E-state index >= 15 is 0 Å². The van der Waals surface area contributed by atoms with Crippen molar-refractivity contribution in [3.05, 3.63) is 77.5 Å². The number of carboxylic acid groups (broad SMARTS) is 1. The van der Waals surface area contributed by atoms with Gasteiger partial charge in [-0.3, -0.25) is 9.48 Å². The molecule has 0 saturated heterocycles. The Bertz CT molecular complexity index is 1380. The zero-order valence-electron chi connectivity index (χ0n) is 18.9. The first-order valence-electron chi connectivity index (χ1n) is 11.5. The lowest BCUT2D eigenvalue weighted by atomic mass is 9.97. The number of aromatic nitrogens is 2. The van der Waals surface area contributed by atoms with E-state index in [4.69, 9.17) is 15.6 Å². The highest BCUT2D eigenvalue weighted by molar-refractivity contribution is 5.88. The van der Waals surface area contributed by atoms with Crippen LogP contribution in [0.5, 0.6) is 5.75 Å². The van der Waals surface area contributed by atoms with Crippen molar-refractivity contribution in [2.75, 3.05) is 5.73 Å². The minimum Gasteiger partial charge on any atom is -0.484 e. The number of hydrogen-bond acceptors (Lipinski definition) is 5. The van der Waals surface area contributed by atoms with Crippen LogP contribution < -0.4 is 10.5 Å². The average molecular weight is 458 g/mol. The molecule has 1 aliphatic rings. The average Bonchev–Trinajstić information content (AvgIpc) is 3.39. The van der Waals surface area contributed by atoms with Crippen LogP contribution in [0.4, 0.5) is 5.69 Å². The molecule has 0 amide bonds. The van der Waals surface area contributed by atoms with Crippen molar-refractivity contribution < 1.29 is 19.7 Å². The van der Waals surface area contributed by atoms with Crippen molar-refractivity contribution in [1.29, 1.82) is 0 Å². The van der Waals surface area contributed by atoms with Gasteiger partial charge in [-0.2, -0.15) is 5.10 Å². The fraction of sp³-hybridized carbons (Fsp3) is 0.259. The zero-order valence-corrected chi connectivity index (χ0v) is 18.9. The predicted molar refractivity (Wildman–Crippen MR) is 131 cm³/mol.